The molecular weight excluding hydrogens is 250 g/mol. The third-order valence-corrected chi connectivity index (χ3v) is 4.33. The smallest absolute Gasteiger partial charge is 0.176 e. The van der Waals surface area contributed by atoms with E-state index in [9.17, 15) is 0 Å². The van der Waals surface area contributed by atoms with E-state index in [1.165, 1.54) is 29.4 Å². The van der Waals surface area contributed by atoms with E-state index in [4.69, 9.17) is 9.15 Å². The molecule has 3 nitrogen and oxygen atoms in total. The molecule has 1 N–H and O–H groups in total. The van der Waals surface area contributed by atoms with E-state index in [0.717, 1.165) is 30.1 Å². The molecule has 106 valence electrons. The molecule has 2 aliphatic rings. The summed E-state index contributed by atoms with van der Waals surface area (Å²) in [5.74, 6) is 2.75. The molecule has 0 unspecified atom stereocenters. The van der Waals surface area contributed by atoms with E-state index >= 15 is 0 Å². The molecule has 1 aliphatic carbocycles. The highest BCUT2D eigenvalue weighted by Crippen LogP contribution is 2.50. The molecule has 1 fully saturated rings. The SMILES string of the molecule is CNCc1oc2c3c(ccc2c1C1CC1)CC(C)(C)O3. The van der Waals surface area contributed by atoms with Gasteiger partial charge in [0.1, 0.15) is 11.4 Å². The van der Waals surface area contributed by atoms with Crippen LogP contribution in [0.15, 0.2) is 16.5 Å². The van der Waals surface area contributed by atoms with Crippen LogP contribution in [0.25, 0.3) is 11.0 Å². The van der Waals surface area contributed by atoms with Crippen LogP contribution >= 0.6 is 0 Å². The maximum atomic E-state index is 6.19. The van der Waals surface area contributed by atoms with Crippen LogP contribution in [0, 0.1) is 0 Å². The summed E-state index contributed by atoms with van der Waals surface area (Å²) in [7, 11) is 1.97. The second-order valence-corrected chi connectivity index (χ2v) is 6.71. The number of fused-ring (bicyclic) bond motifs is 3. The van der Waals surface area contributed by atoms with Crippen LogP contribution in [0.1, 0.15) is 49.5 Å². The van der Waals surface area contributed by atoms with Crippen molar-refractivity contribution < 1.29 is 9.15 Å². The Labute approximate surface area is 119 Å². The Hall–Kier alpha value is -1.48. The van der Waals surface area contributed by atoms with Gasteiger partial charge in [-0.2, -0.15) is 0 Å². The van der Waals surface area contributed by atoms with Gasteiger partial charge in [-0.05, 0) is 39.7 Å². The van der Waals surface area contributed by atoms with Crippen LogP contribution in [0.4, 0.5) is 0 Å². The molecule has 2 heterocycles. The van der Waals surface area contributed by atoms with Crippen molar-refractivity contribution in [2.24, 2.45) is 0 Å². The first-order valence-electron chi connectivity index (χ1n) is 7.50. The van der Waals surface area contributed by atoms with E-state index in [2.05, 4.69) is 31.3 Å². The zero-order valence-corrected chi connectivity index (χ0v) is 12.4. The number of nitrogens with one attached hydrogen (secondary N) is 1. The Morgan fingerprint density at radius 2 is 2.10 bits per heavy atom. The molecule has 0 atom stereocenters. The third-order valence-electron chi connectivity index (χ3n) is 4.33. The van der Waals surface area contributed by atoms with E-state index in [-0.39, 0.29) is 5.60 Å². The van der Waals surface area contributed by atoms with Crippen LogP contribution in [0.2, 0.25) is 0 Å². The quantitative estimate of drug-likeness (QED) is 0.923. The third kappa shape index (κ3) is 1.76. The summed E-state index contributed by atoms with van der Waals surface area (Å²) in [6, 6.07) is 4.45. The maximum Gasteiger partial charge on any atom is 0.176 e. The molecule has 1 aliphatic heterocycles. The van der Waals surface area contributed by atoms with E-state index in [1.807, 2.05) is 7.05 Å². The van der Waals surface area contributed by atoms with Crippen molar-refractivity contribution in [1.82, 2.24) is 5.32 Å². The summed E-state index contributed by atoms with van der Waals surface area (Å²) in [4.78, 5) is 0. The van der Waals surface area contributed by atoms with Gasteiger partial charge in [-0.1, -0.05) is 12.1 Å². The minimum Gasteiger partial charge on any atom is -0.483 e. The second-order valence-electron chi connectivity index (χ2n) is 6.71. The lowest BCUT2D eigenvalue weighted by Crippen LogP contribution is -2.24. The summed E-state index contributed by atoms with van der Waals surface area (Å²) in [5, 5.41) is 4.48. The average Bonchev–Trinajstić information content (AvgIpc) is 3.06. The molecular formula is C17H21NO2. The number of furan rings is 1. The van der Waals surface area contributed by atoms with Crippen molar-refractivity contribution in [3.8, 4) is 5.75 Å². The highest BCUT2D eigenvalue weighted by Gasteiger charge is 2.36. The molecule has 1 saturated carbocycles. The normalized spacial score (nSPS) is 20.1. The first-order chi connectivity index (χ1) is 9.59. The monoisotopic (exact) mass is 271 g/mol. The maximum absolute atomic E-state index is 6.19. The Morgan fingerprint density at radius 3 is 2.80 bits per heavy atom. The van der Waals surface area contributed by atoms with Gasteiger partial charge < -0.3 is 14.5 Å². The summed E-state index contributed by atoms with van der Waals surface area (Å²) in [6.45, 7) is 5.06. The largest absolute Gasteiger partial charge is 0.483 e. The number of hydrogen-bond donors (Lipinski definition) is 1. The fourth-order valence-corrected chi connectivity index (χ4v) is 3.38. The molecule has 0 radical (unpaired) electrons. The molecule has 3 heteroatoms. The second kappa shape index (κ2) is 4.01. The lowest BCUT2D eigenvalue weighted by molar-refractivity contribution is 0.138. The molecule has 4 rings (SSSR count). The molecule has 1 aromatic carbocycles. The minimum absolute atomic E-state index is 0.119. The Morgan fingerprint density at radius 1 is 1.30 bits per heavy atom. The van der Waals surface area contributed by atoms with Crippen molar-refractivity contribution >= 4 is 11.0 Å². The summed E-state index contributed by atoms with van der Waals surface area (Å²) in [6.07, 6.45) is 3.53. The van der Waals surface area contributed by atoms with Gasteiger partial charge in [-0.25, -0.2) is 0 Å². The summed E-state index contributed by atoms with van der Waals surface area (Å²) < 4.78 is 12.3. The molecule has 0 spiro atoms. The molecule has 0 amide bonds. The number of hydrogen-bond acceptors (Lipinski definition) is 3. The van der Waals surface area contributed by atoms with E-state index in [0.29, 0.717) is 5.92 Å². The van der Waals surface area contributed by atoms with Gasteiger partial charge in [0.2, 0.25) is 0 Å². The highest BCUT2D eigenvalue weighted by atomic mass is 16.5. The first kappa shape index (κ1) is 12.3. The van der Waals surface area contributed by atoms with Crippen molar-refractivity contribution in [2.45, 2.75) is 51.2 Å². The van der Waals surface area contributed by atoms with Gasteiger partial charge in [-0.3, -0.25) is 0 Å². The Bertz CT molecular complexity index is 680. The highest BCUT2D eigenvalue weighted by molar-refractivity contribution is 5.90. The van der Waals surface area contributed by atoms with Gasteiger partial charge >= 0.3 is 0 Å². The Kier molecular flexibility index (Phi) is 2.46. The molecule has 20 heavy (non-hydrogen) atoms. The summed E-state index contributed by atoms with van der Waals surface area (Å²) >= 11 is 0. The lowest BCUT2D eigenvalue weighted by Gasteiger charge is -2.16. The topological polar surface area (TPSA) is 34.4 Å². The van der Waals surface area contributed by atoms with Crippen LogP contribution in [-0.2, 0) is 13.0 Å². The molecule has 0 bridgehead atoms. The van der Waals surface area contributed by atoms with Crippen LogP contribution in [-0.4, -0.2) is 12.6 Å². The number of ether oxygens (including phenoxy) is 1. The van der Waals surface area contributed by atoms with Gasteiger partial charge in [0.25, 0.3) is 0 Å². The van der Waals surface area contributed by atoms with Crippen molar-refractivity contribution in [3.63, 3.8) is 0 Å². The van der Waals surface area contributed by atoms with Gasteiger partial charge in [0.15, 0.2) is 11.3 Å². The Balaban J connectivity index is 1.92. The standard InChI is InChI=1S/C17H21NO2/c1-17(2)8-11-6-7-12-14(10-4-5-10)13(9-18-3)19-16(12)15(11)20-17/h6-7,10,18H,4-5,8-9H2,1-3H3. The predicted octanol–water partition coefficient (Wildman–Crippen LogP) is 3.74. The fraction of sp³-hybridized carbons (Fsp3) is 0.529. The lowest BCUT2D eigenvalue weighted by atomic mass is 9.99. The van der Waals surface area contributed by atoms with Crippen molar-refractivity contribution in [3.05, 3.63) is 29.0 Å². The van der Waals surface area contributed by atoms with Gasteiger partial charge in [0.05, 0.1) is 6.54 Å². The minimum atomic E-state index is -0.119. The number of rotatable bonds is 3. The predicted molar refractivity (Wildman–Crippen MR) is 79.4 cm³/mol. The van der Waals surface area contributed by atoms with Gasteiger partial charge in [-0.15, -0.1) is 0 Å². The molecule has 0 saturated heterocycles. The van der Waals surface area contributed by atoms with Crippen LogP contribution < -0.4 is 10.1 Å². The molecule has 2 aromatic rings. The average molecular weight is 271 g/mol. The zero-order chi connectivity index (χ0) is 13.9. The first-order valence-corrected chi connectivity index (χ1v) is 7.50. The van der Waals surface area contributed by atoms with Crippen LogP contribution in [0.5, 0.6) is 5.75 Å². The van der Waals surface area contributed by atoms with Gasteiger partial charge in [0, 0.05) is 22.9 Å². The van der Waals surface area contributed by atoms with E-state index in [1.54, 1.807) is 0 Å². The summed E-state index contributed by atoms with van der Waals surface area (Å²) in [5.41, 5.74) is 3.52. The fourth-order valence-electron chi connectivity index (χ4n) is 3.38. The van der Waals surface area contributed by atoms with E-state index < -0.39 is 0 Å². The van der Waals surface area contributed by atoms with Crippen LogP contribution in [0.3, 0.4) is 0 Å². The molecule has 1 aromatic heterocycles. The van der Waals surface area contributed by atoms with Crippen molar-refractivity contribution in [2.75, 3.05) is 7.05 Å². The number of benzene rings is 1. The van der Waals surface area contributed by atoms with Crippen molar-refractivity contribution in [1.29, 1.82) is 0 Å². The zero-order valence-electron chi connectivity index (χ0n) is 12.4.